The Labute approximate surface area is 184 Å². The van der Waals surface area contributed by atoms with Gasteiger partial charge in [0.1, 0.15) is 31.3 Å². The third-order valence-corrected chi connectivity index (χ3v) is 4.30. The van der Waals surface area contributed by atoms with Gasteiger partial charge in [0.05, 0.1) is 25.3 Å². The van der Waals surface area contributed by atoms with Gasteiger partial charge in [-0.3, -0.25) is 4.55 Å². The van der Waals surface area contributed by atoms with E-state index in [1.807, 2.05) is 30.3 Å². The molecule has 1 N–H and O–H groups in total. The number of ether oxygens (including phenoxy) is 2. The van der Waals surface area contributed by atoms with Crippen molar-refractivity contribution in [2.75, 3.05) is 13.2 Å². The van der Waals surface area contributed by atoms with Crippen LogP contribution in [0.1, 0.15) is 5.56 Å². The van der Waals surface area contributed by atoms with Gasteiger partial charge >= 0.3 is 10.4 Å². The van der Waals surface area contributed by atoms with Crippen molar-refractivity contribution >= 4 is 21.8 Å². The Morgan fingerprint density at radius 2 is 1.47 bits per heavy atom. The molecule has 32 heavy (non-hydrogen) atoms. The Kier molecular flexibility index (Phi) is 8.30. The van der Waals surface area contributed by atoms with Crippen molar-refractivity contribution in [1.82, 2.24) is 0 Å². The van der Waals surface area contributed by atoms with Gasteiger partial charge in [-0.05, 0) is 17.7 Å². The van der Waals surface area contributed by atoms with Crippen molar-refractivity contribution in [2.45, 2.75) is 6.61 Å². The molecule has 0 bridgehead atoms. The third-order valence-electron chi connectivity index (χ3n) is 3.84. The normalized spacial score (nSPS) is 12.3. The van der Waals surface area contributed by atoms with Gasteiger partial charge in [0.2, 0.25) is 0 Å². The molecule has 2 aromatic carbocycles. The monoisotopic (exact) mass is 450 g/mol. The average Bonchev–Trinajstić information content (AvgIpc) is 2.78. The number of nitrogens with zero attached hydrogens (tertiary/aromatic N) is 4. The summed E-state index contributed by atoms with van der Waals surface area (Å²) >= 11 is 0. The molecule has 0 radical (unpaired) electrons. The standard InChI is InChI=1S/C21H14N4O6S/c1-24-18(12-22)16-11-21(30-14-15-6-4-3-5-7-15)17(19(13-23)25-2)10-20(16)29-8-9-31-32(26,27)28/h3-7,10-11H,8-9,14H2,(H,26,27,28). The largest absolute Gasteiger partial charge is 0.492 e. The first-order chi connectivity index (χ1) is 15.3. The molecule has 2 rings (SSSR count). The predicted octanol–water partition coefficient (Wildman–Crippen LogP) is 1.57. The van der Waals surface area contributed by atoms with Gasteiger partial charge in [-0.2, -0.15) is 8.42 Å². The second-order valence-corrected chi connectivity index (χ2v) is 6.95. The minimum Gasteiger partial charge on any atom is -0.492 e. The van der Waals surface area contributed by atoms with Crippen molar-refractivity contribution in [3.8, 4) is 23.6 Å². The summed E-state index contributed by atoms with van der Waals surface area (Å²) in [5, 5.41) is 18.7. The van der Waals surface area contributed by atoms with Gasteiger partial charge < -0.3 is 9.47 Å². The van der Waals surface area contributed by atoms with Gasteiger partial charge in [0.15, 0.2) is 0 Å². The van der Waals surface area contributed by atoms with Gasteiger partial charge in [-0.1, -0.05) is 30.3 Å². The highest BCUT2D eigenvalue weighted by Gasteiger charge is 2.12. The van der Waals surface area contributed by atoms with Crippen LogP contribution >= 0.6 is 0 Å². The molecular weight excluding hydrogens is 436 g/mol. The minimum atomic E-state index is -4.68. The van der Waals surface area contributed by atoms with Crippen LogP contribution in [-0.2, 0) is 21.2 Å². The van der Waals surface area contributed by atoms with E-state index in [9.17, 15) is 18.9 Å². The summed E-state index contributed by atoms with van der Waals surface area (Å²) < 4.78 is 45.3. The fraction of sp³-hybridized carbons (Fsp3) is 0.143. The fourth-order valence-corrected chi connectivity index (χ4v) is 2.76. The molecule has 0 saturated heterocycles. The molecular formula is C21H14N4O6S. The summed E-state index contributed by atoms with van der Waals surface area (Å²) in [6, 6.07) is 15.1. The smallest absolute Gasteiger partial charge is 0.397 e. The Bertz CT molecular complexity index is 1360. The van der Waals surface area contributed by atoms with Crippen molar-refractivity contribution in [3.63, 3.8) is 0 Å². The van der Waals surface area contributed by atoms with Crippen LogP contribution in [0.3, 0.4) is 0 Å². The number of benzene rings is 2. The first-order valence-corrected chi connectivity index (χ1v) is 10.1. The number of nitriles is 2. The van der Waals surface area contributed by atoms with Gasteiger partial charge in [-0.25, -0.2) is 24.4 Å². The second kappa shape index (κ2) is 11.1. The van der Waals surface area contributed by atoms with Crippen LogP contribution in [0.4, 0.5) is 0 Å². The number of rotatable bonds is 8. The molecule has 0 heterocycles. The van der Waals surface area contributed by atoms with Crippen LogP contribution in [0.5, 0.6) is 11.5 Å². The van der Waals surface area contributed by atoms with E-state index in [0.29, 0.717) is 0 Å². The molecule has 0 amide bonds. The molecule has 2 aromatic rings. The van der Waals surface area contributed by atoms with E-state index >= 15 is 0 Å². The van der Waals surface area contributed by atoms with Crippen LogP contribution in [0.25, 0.3) is 21.1 Å². The third kappa shape index (κ3) is 6.56. The van der Waals surface area contributed by atoms with Crippen molar-refractivity contribution in [1.29, 1.82) is 10.5 Å². The van der Waals surface area contributed by atoms with Crippen molar-refractivity contribution < 1.29 is 26.6 Å². The van der Waals surface area contributed by atoms with Gasteiger partial charge in [0, 0.05) is 10.4 Å². The Morgan fingerprint density at radius 1 is 0.938 bits per heavy atom. The maximum atomic E-state index is 10.7. The zero-order valence-corrected chi connectivity index (χ0v) is 17.2. The highest BCUT2D eigenvalue weighted by atomic mass is 32.3. The molecule has 0 saturated carbocycles. The van der Waals surface area contributed by atoms with Crippen molar-refractivity contribution in [3.05, 3.63) is 81.3 Å². The van der Waals surface area contributed by atoms with E-state index in [2.05, 4.69) is 13.9 Å². The summed E-state index contributed by atoms with van der Waals surface area (Å²) in [5.74, 6) is 0.00397. The SMILES string of the molecule is [C-]#[N+]C(C#N)=c1cc(OCc2ccccc2)c(=C(C#N)[N+]#[C-])cc1OCCOS(=O)(=O)O. The summed E-state index contributed by atoms with van der Waals surface area (Å²) in [7, 11) is -4.68. The first-order valence-electron chi connectivity index (χ1n) is 8.72. The zero-order chi connectivity index (χ0) is 23.6. The topological polar surface area (TPSA) is 138 Å². The molecule has 160 valence electrons. The summed E-state index contributed by atoms with van der Waals surface area (Å²) in [6.45, 7) is 13.6. The predicted molar refractivity (Wildman–Crippen MR) is 111 cm³/mol. The average molecular weight is 450 g/mol. The van der Waals surface area contributed by atoms with Crippen LogP contribution in [0, 0.1) is 35.8 Å². The quantitative estimate of drug-likeness (QED) is 0.363. The van der Waals surface area contributed by atoms with E-state index in [1.54, 1.807) is 12.1 Å². The first kappa shape index (κ1) is 23.9. The lowest BCUT2D eigenvalue weighted by Gasteiger charge is -2.12. The Hall–Kier alpha value is -4.39. The fourth-order valence-electron chi connectivity index (χ4n) is 2.49. The highest BCUT2D eigenvalue weighted by Crippen LogP contribution is 2.14. The maximum absolute atomic E-state index is 10.7. The Balaban J connectivity index is 2.60. The van der Waals surface area contributed by atoms with Gasteiger partial charge in [0.25, 0.3) is 11.4 Å². The molecule has 0 aliphatic rings. The molecule has 0 aliphatic carbocycles. The molecule has 10 nitrogen and oxygen atoms in total. The molecule has 0 fully saturated rings. The van der Waals surface area contributed by atoms with E-state index in [-0.39, 0.29) is 46.5 Å². The van der Waals surface area contributed by atoms with Crippen LogP contribution in [0.15, 0.2) is 42.5 Å². The maximum Gasteiger partial charge on any atom is 0.397 e. The number of hydrogen-bond acceptors (Lipinski definition) is 7. The molecule has 0 atom stereocenters. The van der Waals surface area contributed by atoms with Gasteiger partial charge in [-0.15, -0.1) is 0 Å². The number of hydrogen-bond donors (Lipinski definition) is 1. The van der Waals surface area contributed by atoms with Crippen LogP contribution in [-0.4, -0.2) is 26.2 Å². The molecule has 0 spiro atoms. The molecule has 0 aromatic heterocycles. The Morgan fingerprint density at radius 3 is 1.94 bits per heavy atom. The lowest BCUT2D eigenvalue weighted by molar-refractivity contribution is 0.200. The lowest BCUT2D eigenvalue weighted by atomic mass is 10.1. The zero-order valence-electron chi connectivity index (χ0n) is 16.3. The van der Waals surface area contributed by atoms with Crippen LogP contribution in [0.2, 0.25) is 0 Å². The van der Waals surface area contributed by atoms with E-state index in [0.717, 1.165) is 5.56 Å². The minimum absolute atomic E-state index is 0.0171. The molecule has 0 aliphatic heterocycles. The van der Waals surface area contributed by atoms with Crippen molar-refractivity contribution in [2.24, 2.45) is 0 Å². The second-order valence-electron chi connectivity index (χ2n) is 5.86. The van der Waals surface area contributed by atoms with Crippen LogP contribution < -0.4 is 19.9 Å². The molecule has 0 unspecified atom stereocenters. The highest BCUT2D eigenvalue weighted by molar-refractivity contribution is 7.80. The molecule has 11 heteroatoms. The summed E-state index contributed by atoms with van der Waals surface area (Å²) in [5.41, 5.74) is 0.131. The summed E-state index contributed by atoms with van der Waals surface area (Å²) in [6.07, 6.45) is 0. The van der Waals surface area contributed by atoms with E-state index < -0.39 is 17.0 Å². The summed E-state index contributed by atoms with van der Waals surface area (Å²) in [4.78, 5) is 6.33. The van der Waals surface area contributed by atoms with E-state index in [4.69, 9.17) is 27.2 Å². The lowest BCUT2D eigenvalue weighted by Crippen LogP contribution is -2.21. The van der Waals surface area contributed by atoms with E-state index in [1.165, 1.54) is 12.1 Å².